The molecule has 1 aromatic heterocycles. The van der Waals surface area contributed by atoms with Gasteiger partial charge in [0.15, 0.2) is 0 Å². The fourth-order valence-corrected chi connectivity index (χ4v) is 7.80. The van der Waals surface area contributed by atoms with Crippen molar-refractivity contribution in [1.29, 1.82) is 0 Å². The molecular formula is C25H32N4O. The van der Waals surface area contributed by atoms with E-state index < -0.39 is 0 Å². The summed E-state index contributed by atoms with van der Waals surface area (Å²) in [5, 5.41) is 13.3. The van der Waals surface area contributed by atoms with E-state index in [-0.39, 0.29) is 11.4 Å². The Labute approximate surface area is 178 Å². The number of piperidine rings is 1. The Hall–Kier alpha value is -2.17. The highest BCUT2D eigenvalue weighted by Gasteiger charge is 2.58. The van der Waals surface area contributed by atoms with Gasteiger partial charge in [-0.1, -0.05) is 25.1 Å². The molecule has 4 aliphatic rings. The lowest BCUT2D eigenvalue weighted by Crippen LogP contribution is -2.63. The molecule has 1 aromatic carbocycles. The van der Waals surface area contributed by atoms with Gasteiger partial charge in [-0.3, -0.25) is 4.79 Å². The van der Waals surface area contributed by atoms with Crippen LogP contribution in [0.3, 0.4) is 0 Å². The molecule has 0 bridgehead atoms. The van der Waals surface area contributed by atoms with E-state index in [2.05, 4.69) is 43.4 Å². The minimum absolute atomic E-state index is 0.00989. The van der Waals surface area contributed by atoms with Crippen molar-refractivity contribution in [3.8, 4) is 5.69 Å². The van der Waals surface area contributed by atoms with Gasteiger partial charge < -0.3 is 5.32 Å². The van der Waals surface area contributed by atoms with Crippen molar-refractivity contribution >= 4 is 5.91 Å². The van der Waals surface area contributed by atoms with E-state index in [4.69, 9.17) is 10.2 Å². The van der Waals surface area contributed by atoms with Crippen LogP contribution in [-0.4, -0.2) is 26.4 Å². The molecule has 1 N–H and O–H groups in total. The van der Waals surface area contributed by atoms with E-state index in [1.807, 2.05) is 10.9 Å². The van der Waals surface area contributed by atoms with Crippen LogP contribution in [0.5, 0.6) is 0 Å². The van der Waals surface area contributed by atoms with Crippen molar-refractivity contribution in [2.45, 2.75) is 76.7 Å². The minimum Gasteiger partial charge on any atom is -0.351 e. The molecule has 5 nitrogen and oxygen atoms in total. The molecule has 0 unspecified atom stereocenters. The normalized spacial score (nSPS) is 39.9. The van der Waals surface area contributed by atoms with Crippen molar-refractivity contribution in [3.05, 3.63) is 41.7 Å². The second kappa shape index (κ2) is 6.41. The molecule has 6 atom stereocenters. The molecule has 5 heteroatoms. The smallest absolute Gasteiger partial charge is 0.220 e. The lowest BCUT2D eigenvalue weighted by molar-refractivity contribution is -0.134. The van der Waals surface area contributed by atoms with Gasteiger partial charge in [-0.2, -0.15) is 15.0 Å². The molecule has 2 heterocycles. The van der Waals surface area contributed by atoms with Gasteiger partial charge in [0, 0.05) is 17.9 Å². The number of nitrogens with zero attached hydrogens (tertiary/aromatic N) is 3. The van der Waals surface area contributed by atoms with E-state index in [1.165, 1.54) is 37.1 Å². The Morgan fingerprint density at radius 2 is 1.80 bits per heavy atom. The number of hydrogen-bond acceptors (Lipinski definition) is 3. The molecule has 2 saturated carbocycles. The number of benzene rings is 1. The zero-order valence-electron chi connectivity index (χ0n) is 18.1. The van der Waals surface area contributed by atoms with Crippen LogP contribution in [0.4, 0.5) is 0 Å². The lowest BCUT2D eigenvalue weighted by atomic mass is 9.45. The number of fused-ring (bicyclic) bond motifs is 7. The first kappa shape index (κ1) is 18.6. The van der Waals surface area contributed by atoms with Crippen molar-refractivity contribution in [1.82, 2.24) is 20.3 Å². The molecule has 30 heavy (non-hydrogen) atoms. The first-order valence-electron chi connectivity index (χ1n) is 11.8. The third kappa shape index (κ3) is 2.56. The van der Waals surface area contributed by atoms with Crippen LogP contribution in [0.2, 0.25) is 0 Å². The molecule has 0 spiro atoms. The standard InChI is InChI=1S/C25H32N4O/c1-24-14-13-21-23(28-29(27-21)16-6-4-3-5-7-16)20(24)9-8-17-18(24)12-15-25(2)19(17)10-11-22(30)26-25/h3-7,17-20H,8-15H2,1-2H3,(H,26,30)/t17-,18+,19+,20+,24-,25+/m1/s1. The number of hydrogen-bond donors (Lipinski definition) is 1. The summed E-state index contributed by atoms with van der Waals surface area (Å²) in [5.41, 5.74) is 3.84. The number of aromatic nitrogens is 3. The van der Waals surface area contributed by atoms with E-state index in [1.54, 1.807) is 0 Å². The number of aryl methyl sites for hydroxylation is 1. The molecule has 3 aliphatic carbocycles. The van der Waals surface area contributed by atoms with E-state index in [9.17, 15) is 4.79 Å². The summed E-state index contributed by atoms with van der Waals surface area (Å²) in [6.45, 7) is 4.85. The predicted molar refractivity (Wildman–Crippen MR) is 115 cm³/mol. The van der Waals surface area contributed by atoms with Crippen LogP contribution >= 0.6 is 0 Å². The van der Waals surface area contributed by atoms with Gasteiger partial charge in [0.2, 0.25) is 5.91 Å². The number of rotatable bonds is 1. The maximum Gasteiger partial charge on any atom is 0.220 e. The maximum absolute atomic E-state index is 12.1. The minimum atomic E-state index is 0.00989. The largest absolute Gasteiger partial charge is 0.351 e. The SMILES string of the molecule is C[C@]12CCc3nn(-c4ccccc4)nc3[C@@H]1CC[C@@H]1[C@@H]2CC[C@]2(C)NC(=O)CC[C@@H]12. The highest BCUT2D eigenvalue weighted by Crippen LogP contribution is 2.63. The molecule has 2 aromatic rings. The summed E-state index contributed by atoms with van der Waals surface area (Å²) in [6, 6.07) is 10.3. The second-order valence-corrected chi connectivity index (χ2v) is 10.7. The highest BCUT2D eigenvalue weighted by molar-refractivity contribution is 5.77. The van der Waals surface area contributed by atoms with Crippen LogP contribution in [0.1, 0.15) is 76.1 Å². The highest BCUT2D eigenvalue weighted by atomic mass is 16.1. The van der Waals surface area contributed by atoms with Crippen molar-refractivity contribution in [2.75, 3.05) is 0 Å². The number of carbonyl (C=O) groups excluding carboxylic acids is 1. The summed E-state index contributed by atoms with van der Waals surface area (Å²) in [4.78, 5) is 14.0. The first-order chi connectivity index (χ1) is 14.5. The molecule has 1 saturated heterocycles. The summed E-state index contributed by atoms with van der Waals surface area (Å²) in [6.07, 6.45) is 8.85. The Kier molecular flexibility index (Phi) is 3.97. The molecule has 0 radical (unpaired) electrons. The van der Waals surface area contributed by atoms with Crippen LogP contribution in [0.25, 0.3) is 5.69 Å². The predicted octanol–water partition coefficient (Wildman–Crippen LogP) is 4.41. The molecule has 1 aliphatic heterocycles. The molecule has 1 amide bonds. The van der Waals surface area contributed by atoms with Gasteiger partial charge in [0.25, 0.3) is 0 Å². The van der Waals surface area contributed by atoms with Gasteiger partial charge in [0.1, 0.15) is 0 Å². The third-order valence-corrected chi connectivity index (χ3v) is 9.30. The summed E-state index contributed by atoms with van der Waals surface area (Å²) in [7, 11) is 0. The number of para-hydroxylation sites is 1. The van der Waals surface area contributed by atoms with Gasteiger partial charge in [0.05, 0.1) is 17.1 Å². The van der Waals surface area contributed by atoms with Crippen LogP contribution < -0.4 is 5.32 Å². The topological polar surface area (TPSA) is 59.8 Å². The fourth-order valence-electron chi connectivity index (χ4n) is 7.80. The van der Waals surface area contributed by atoms with Gasteiger partial charge in [-0.05, 0) is 87.2 Å². The fraction of sp³-hybridized carbons (Fsp3) is 0.640. The van der Waals surface area contributed by atoms with E-state index in [0.29, 0.717) is 23.7 Å². The molecule has 3 fully saturated rings. The summed E-state index contributed by atoms with van der Waals surface area (Å²) >= 11 is 0. The third-order valence-electron chi connectivity index (χ3n) is 9.30. The number of amides is 1. The quantitative estimate of drug-likeness (QED) is 0.766. The van der Waals surface area contributed by atoms with Crippen LogP contribution in [0.15, 0.2) is 30.3 Å². The molecule has 6 rings (SSSR count). The van der Waals surface area contributed by atoms with Crippen LogP contribution in [-0.2, 0) is 11.2 Å². The van der Waals surface area contributed by atoms with Gasteiger partial charge >= 0.3 is 0 Å². The first-order valence-corrected chi connectivity index (χ1v) is 11.8. The Morgan fingerprint density at radius 1 is 0.967 bits per heavy atom. The maximum atomic E-state index is 12.1. The average Bonchev–Trinajstić information content (AvgIpc) is 3.17. The monoisotopic (exact) mass is 404 g/mol. The van der Waals surface area contributed by atoms with Crippen LogP contribution in [0, 0.1) is 23.2 Å². The summed E-state index contributed by atoms with van der Waals surface area (Å²) < 4.78 is 0. The number of carbonyl (C=O) groups is 1. The Morgan fingerprint density at radius 3 is 2.63 bits per heavy atom. The zero-order valence-corrected chi connectivity index (χ0v) is 18.1. The van der Waals surface area contributed by atoms with E-state index in [0.717, 1.165) is 36.8 Å². The van der Waals surface area contributed by atoms with Gasteiger partial charge in [-0.15, -0.1) is 0 Å². The Bertz CT molecular complexity index is 984. The molecule has 158 valence electrons. The Balaban J connectivity index is 1.33. The summed E-state index contributed by atoms with van der Waals surface area (Å²) in [5.74, 6) is 2.87. The van der Waals surface area contributed by atoms with Crippen molar-refractivity contribution in [2.24, 2.45) is 23.2 Å². The average molecular weight is 405 g/mol. The van der Waals surface area contributed by atoms with Crippen molar-refractivity contribution < 1.29 is 4.79 Å². The van der Waals surface area contributed by atoms with E-state index >= 15 is 0 Å². The van der Waals surface area contributed by atoms with Crippen molar-refractivity contribution in [3.63, 3.8) is 0 Å². The number of nitrogens with one attached hydrogen (secondary N) is 1. The molecular weight excluding hydrogens is 372 g/mol. The zero-order chi connectivity index (χ0) is 20.5. The lowest BCUT2D eigenvalue weighted by Gasteiger charge is -2.61. The second-order valence-electron chi connectivity index (χ2n) is 10.7. The van der Waals surface area contributed by atoms with Gasteiger partial charge in [-0.25, -0.2) is 0 Å².